The van der Waals surface area contributed by atoms with Crippen molar-refractivity contribution in [1.29, 1.82) is 0 Å². The number of hydrogen-bond acceptors (Lipinski definition) is 7. The van der Waals surface area contributed by atoms with Gasteiger partial charge in [-0.2, -0.15) is 0 Å². The lowest BCUT2D eigenvalue weighted by molar-refractivity contribution is 0.186. The molecule has 0 unspecified atom stereocenters. The summed E-state index contributed by atoms with van der Waals surface area (Å²) in [5.74, 6) is 1.33. The normalized spacial score (nSPS) is 19.6. The predicted molar refractivity (Wildman–Crippen MR) is 125 cm³/mol. The van der Waals surface area contributed by atoms with Crippen LogP contribution in [0, 0.1) is 19.3 Å². The molecule has 0 saturated carbocycles. The van der Waals surface area contributed by atoms with Crippen molar-refractivity contribution in [3.8, 4) is 0 Å². The Hall–Kier alpha value is -2.64. The van der Waals surface area contributed by atoms with Crippen LogP contribution in [0.1, 0.15) is 41.3 Å². The minimum absolute atomic E-state index is 0.0610. The van der Waals surface area contributed by atoms with Crippen LogP contribution in [0.25, 0.3) is 0 Å². The summed E-state index contributed by atoms with van der Waals surface area (Å²) in [6.45, 7) is 6.05. The Morgan fingerprint density at radius 2 is 1.90 bits per heavy atom. The van der Waals surface area contributed by atoms with Gasteiger partial charge in [-0.3, -0.25) is 4.98 Å². The van der Waals surface area contributed by atoms with Gasteiger partial charge in [0.2, 0.25) is 0 Å². The van der Waals surface area contributed by atoms with Gasteiger partial charge in [0.15, 0.2) is 5.82 Å². The highest BCUT2D eigenvalue weighted by Crippen LogP contribution is 2.50. The van der Waals surface area contributed by atoms with E-state index in [1.54, 1.807) is 11.8 Å². The molecule has 0 radical (unpaired) electrons. The zero-order valence-electron chi connectivity index (χ0n) is 18.0. The van der Waals surface area contributed by atoms with Gasteiger partial charge in [0, 0.05) is 35.9 Å². The fourth-order valence-electron chi connectivity index (χ4n) is 4.88. The van der Waals surface area contributed by atoms with Crippen LogP contribution >= 0.6 is 11.8 Å². The van der Waals surface area contributed by atoms with Gasteiger partial charge in [0.05, 0.1) is 6.20 Å². The van der Waals surface area contributed by atoms with Crippen molar-refractivity contribution in [2.75, 3.05) is 23.7 Å². The molecule has 2 aliphatic rings. The Morgan fingerprint density at radius 1 is 1.10 bits per heavy atom. The topological polar surface area (TPSA) is 94.0 Å². The Labute approximate surface area is 187 Å². The molecule has 1 spiro atoms. The van der Waals surface area contributed by atoms with Crippen molar-refractivity contribution in [2.45, 2.75) is 49.1 Å². The molecule has 7 heteroatoms. The third kappa shape index (κ3) is 3.55. The minimum atomic E-state index is 0.0610. The summed E-state index contributed by atoms with van der Waals surface area (Å²) in [7, 11) is 0. The van der Waals surface area contributed by atoms with Crippen molar-refractivity contribution < 1.29 is 0 Å². The van der Waals surface area contributed by atoms with E-state index in [4.69, 9.17) is 16.5 Å². The van der Waals surface area contributed by atoms with E-state index in [1.807, 2.05) is 18.5 Å². The monoisotopic (exact) mass is 432 g/mol. The Kier molecular flexibility index (Phi) is 5.10. The van der Waals surface area contributed by atoms with Gasteiger partial charge in [0.1, 0.15) is 10.8 Å². The molecule has 1 atom stereocenters. The maximum Gasteiger partial charge on any atom is 0.158 e. The van der Waals surface area contributed by atoms with Gasteiger partial charge in [0.25, 0.3) is 0 Å². The highest BCUT2D eigenvalue weighted by molar-refractivity contribution is 7.99. The molecule has 4 N–H and O–H groups in total. The molecule has 6 nitrogen and oxygen atoms in total. The average Bonchev–Trinajstić information content (AvgIpc) is 3.05. The van der Waals surface area contributed by atoms with Crippen LogP contribution in [-0.4, -0.2) is 28.0 Å². The van der Waals surface area contributed by atoms with Gasteiger partial charge in [-0.05, 0) is 67.3 Å². The van der Waals surface area contributed by atoms with Crippen LogP contribution in [0.3, 0.4) is 0 Å². The second-order valence-corrected chi connectivity index (χ2v) is 9.79. The SMILES string of the molecule is Cc1cccc(Sc2ncc(N3CCC4(CC3)Cc3ncccc3[C@H]4N)nc2N)c1C. The van der Waals surface area contributed by atoms with Crippen molar-refractivity contribution in [3.63, 3.8) is 0 Å². The quantitative estimate of drug-likeness (QED) is 0.644. The Morgan fingerprint density at radius 3 is 2.65 bits per heavy atom. The van der Waals surface area contributed by atoms with Gasteiger partial charge < -0.3 is 16.4 Å². The van der Waals surface area contributed by atoms with E-state index in [9.17, 15) is 0 Å². The molecule has 1 saturated heterocycles. The molecule has 1 fully saturated rings. The number of anilines is 2. The van der Waals surface area contributed by atoms with Crippen LogP contribution in [0.2, 0.25) is 0 Å². The number of nitrogen functional groups attached to an aromatic ring is 1. The van der Waals surface area contributed by atoms with Crippen LogP contribution in [0.15, 0.2) is 52.6 Å². The number of fused-ring (bicyclic) bond motifs is 1. The highest BCUT2D eigenvalue weighted by Gasteiger charge is 2.46. The number of nitrogens with zero attached hydrogens (tertiary/aromatic N) is 4. The number of nitrogens with two attached hydrogens (primary N) is 2. The number of hydrogen-bond donors (Lipinski definition) is 2. The van der Waals surface area contributed by atoms with Gasteiger partial charge in [-0.15, -0.1) is 0 Å². The van der Waals surface area contributed by atoms with E-state index >= 15 is 0 Å². The Bertz CT molecular complexity index is 1120. The van der Waals surface area contributed by atoms with Crippen molar-refractivity contribution in [1.82, 2.24) is 15.0 Å². The molecular formula is C24H28N6S. The molecule has 1 aliphatic carbocycles. The zero-order chi connectivity index (χ0) is 21.6. The summed E-state index contributed by atoms with van der Waals surface area (Å²) in [6, 6.07) is 10.5. The van der Waals surface area contributed by atoms with Crippen LogP contribution in [-0.2, 0) is 6.42 Å². The largest absolute Gasteiger partial charge is 0.381 e. The summed E-state index contributed by atoms with van der Waals surface area (Å²) >= 11 is 1.58. The molecular weight excluding hydrogens is 404 g/mol. The van der Waals surface area contributed by atoms with Crippen LogP contribution < -0.4 is 16.4 Å². The summed E-state index contributed by atoms with van der Waals surface area (Å²) in [4.78, 5) is 17.4. The number of aromatic nitrogens is 3. The van der Waals surface area contributed by atoms with E-state index in [0.29, 0.717) is 5.82 Å². The van der Waals surface area contributed by atoms with E-state index < -0.39 is 0 Å². The number of piperidine rings is 1. The first-order valence-corrected chi connectivity index (χ1v) is 11.6. The number of rotatable bonds is 3. The molecule has 1 aliphatic heterocycles. The van der Waals surface area contributed by atoms with E-state index in [2.05, 4.69) is 53.0 Å². The standard InChI is InChI=1S/C24H28N6S/c1-15-5-3-7-19(16(15)2)31-23-22(26)29-20(14-28-23)30-11-8-24(9-12-30)13-18-17(21(24)25)6-4-10-27-18/h3-7,10,14,21H,8-9,11-13,25H2,1-2H3,(H2,26,29)/t21-/m1/s1. The highest BCUT2D eigenvalue weighted by atomic mass is 32.2. The number of benzene rings is 1. The smallest absolute Gasteiger partial charge is 0.158 e. The maximum absolute atomic E-state index is 6.67. The summed E-state index contributed by atoms with van der Waals surface area (Å²) in [6.07, 6.45) is 6.73. The van der Waals surface area contributed by atoms with Crippen LogP contribution in [0.5, 0.6) is 0 Å². The average molecular weight is 433 g/mol. The summed E-state index contributed by atoms with van der Waals surface area (Å²) in [5.41, 5.74) is 18.0. The van der Waals surface area contributed by atoms with Gasteiger partial charge in [-0.25, -0.2) is 9.97 Å². The van der Waals surface area contributed by atoms with Crippen molar-refractivity contribution in [3.05, 3.63) is 65.1 Å². The molecule has 0 amide bonds. The molecule has 2 aromatic heterocycles. The third-order valence-electron chi connectivity index (χ3n) is 7.04. The van der Waals surface area contributed by atoms with Crippen molar-refractivity contribution in [2.24, 2.45) is 11.1 Å². The second-order valence-electron chi connectivity index (χ2n) is 8.76. The molecule has 0 bridgehead atoms. The molecule has 1 aromatic carbocycles. The molecule has 3 heterocycles. The lowest BCUT2D eigenvalue weighted by atomic mass is 9.73. The lowest BCUT2D eigenvalue weighted by Crippen LogP contribution is -2.44. The summed E-state index contributed by atoms with van der Waals surface area (Å²) < 4.78 is 0. The van der Waals surface area contributed by atoms with Crippen LogP contribution in [0.4, 0.5) is 11.6 Å². The second kappa shape index (κ2) is 7.80. The van der Waals surface area contributed by atoms with Crippen molar-refractivity contribution >= 4 is 23.4 Å². The first-order valence-electron chi connectivity index (χ1n) is 10.8. The fourth-order valence-corrected chi connectivity index (χ4v) is 5.80. The van der Waals surface area contributed by atoms with E-state index in [-0.39, 0.29) is 11.5 Å². The summed E-state index contributed by atoms with van der Waals surface area (Å²) in [5, 5.41) is 0.755. The fraction of sp³-hybridized carbons (Fsp3) is 0.375. The zero-order valence-corrected chi connectivity index (χ0v) is 18.8. The lowest BCUT2D eigenvalue weighted by Gasteiger charge is -2.42. The predicted octanol–water partition coefficient (Wildman–Crippen LogP) is 4.06. The number of aryl methyl sites for hydroxylation is 1. The first kappa shape index (κ1) is 20.3. The van der Waals surface area contributed by atoms with E-state index in [1.165, 1.54) is 22.4 Å². The van der Waals surface area contributed by atoms with Gasteiger partial charge in [-0.1, -0.05) is 30.0 Å². The Balaban J connectivity index is 1.29. The number of pyridine rings is 1. The first-order chi connectivity index (χ1) is 15.0. The maximum atomic E-state index is 6.67. The third-order valence-corrected chi connectivity index (χ3v) is 8.21. The van der Waals surface area contributed by atoms with Gasteiger partial charge >= 0.3 is 0 Å². The van der Waals surface area contributed by atoms with E-state index in [0.717, 1.165) is 48.1 Å². The molecule has 31 heavy (non-hydrogen) atoms. The molecule has 3 aromatic rings. The molecule has 160 valence electrons. The molecule has 5 rings (SSSR count). The minimum Gasteiger partial charge on any atom is -0.381 e.